The van der Waals surface area contributed by atoms with Crippen molar-refractivity contribution < 1.29 is 18.7 Å². The van der Waals surface area contributed by atoms with Gasteiger partial charge < -0.3 is 25.4 Å². The number of carbonyl (C=O) groups excluding carboxylic acids is 1. The minimum Gasteiger partial charge on any atom is -0.494 e. The minimum atomic E-state index is -0.459. The van der Waals surface area contributed by atoms with Gasteiger partial charge in [0, 0.05) is 43.3 Å². The van der Waals surface area contributed by atoms with Crippen LogP contribution in [0.3, 0.4) is 0 Å². The molecule has 3 heterocycles. The van der Waals surface area contributed by atoms with E-state index in [9.17, 15) is 9.18 Å². The summed E-state index contributed by atoms with van der Waals surface area (Å²) in [7, 11) is 1.42. The van der Waals surface area contributed by atoms with Crippen molar-refractivity contribution >= 4 is 34.7 Å². The van der Waals surface area contributed by atoms with Gasteiger partial charge in [0.2, 0.25) is 0 Å². The number of morpholine rings is 1. The van der Waals surface area contributed by atoms with Crippen molar-refractivity contribution in [1.29, 1.82) is 0 Å². The Labute approximate surface area is 211 Å². The second-order valence-corrected chi connectivity index (χ2v) is 8.60. The average molecular weight is 511 g/mol. The number of ether oxygens (including phenoxy) is 2. The maximum Gasteiger partial charge on any atom is 0.252 e. The molecule has 1 aliphatic rings. The smallest absolute Gasteiger partial charge is 0.252 e. The Bertz CT molecular complexity index is 1410. The van der Waals surface area contributed by atoms with E-state index in [4.69, 9.17) is 21.1 Å². The topological polar surface area (TPSA) is 102 Å². The lowest BCUT2D eigenvalue weighted by Crippen LogP contribution is -2.45. The van der Waals surface area contributed by atoms with Gasteiger partial charge in [0.05, 0.1) is 42.3 Å². The van der Waals surface area contributed by atoms with Gasteiger partial charge in [0.15, 0.2) is 23.0 Å². The first-order valence-electron chi connectivity index (χ1n) is 11.4. The third-order valence-corrected chi connectivity index (χ3v) is 6.16. The van der Waals surface area contributed by atoms with Crippen LogP contribution in [0.4, 0.5) is 15.9 Å². The Kier molecular flexibility index (Phi) is 6.99. The Morgan fingerprint density at radius 1 is 1.31 bits per heavy atom. The van der Waals surface area contributed by atoms with Crippen LogP contribution in [0.1, 0.15) is 10.4 Å². The number of nitrogens with zero attached hydrogens (tertiary/aromatic N) is 3. The molecule has 2 aromatic carbocycles. The second-order valence-electron chi connectivity index (χ2n) is 8.19. The average Bonchev–Trinajstić information content (AvgIpc) is 3.33. The number of rotatable bonds is 7. The SMILES string of the molecule is COc1ccc(-c2cnc3c(Nc4ccc(C(=O)NCC5CNCCO5)c(Cl)c4)nccn23)cc1F. The minimum absolute atomic E-state index is 0.0668. The van der Waals surface area contributed by atoms with E-state index >= 15 is 0 Å². The van der Waals surface area contributed by atoms with Gasteiger partial charge in [-0.3, -0.25) is 9.20 Å². The molecule has 1 unspecified atom stereocenters. The van der Waals surface area contributed by atoms with Crippen molar-refractivity contribution in [3.05, 3.63) is 71.4 Å². The molecule has 1 amide bonds. The number of imidazole rings is 1. The summed E-state index contributed by atoms with van der Waals surface area (Å²) >= 11 is 6.42. The molecule has 3 N–H and O–H groups in total. The number of anilines is 2. The van der Waals surface area contributed by atoms with Crippen LogP contribution in [0, 0.1) is 5.82 Å². The fraction of sp³-hybridized carbons (Fsp3) is 0.240. The molecule has 1 aliphatic heterocycles. The highest BCUT2D eigenvalue weighted by atomic mass is 35.5. The number of methoxy groups -OCH3 is 1. The van der Waals surface area contributed by atoms with Crippen LogP contribution >= 0.6 is 11.6 Å². The van der Waals surface area contributed by atoms with E-state index in [1.54, 1.807) is 48.9 Å². The van der Waals surface area contributed by atoms with Crippen LogP contribution in [0.5, 0.6) is 5.75 Å². The number of fused-ring (bicyclic) bond motifs is 1. The van der Waals surface area contributed by atoms with E-state index in [1.165, 1.54) is 13.2 Å². The Hall–Kier alpha value is -3.73. The van der Waals surface area contributed by atoms with Crippen LogP contribution in [-0.2, 0) is 4.74 Å². The van der Waals surface area contributed by atoms with Crippen LogP contribution < -0.4 is 20.7 Å². The summed E-state index contributed by atoms with van der Waals surface area (Å²) in [6.07, 6.45) is 4.95. The molecule has 1 atom stereocenters. The predicted octanol–water partition coefficient (Wildman–Crippen LogP) is 3.66. The largest absolute Gasteiger partial charge is 0.494 e. The molecule has 0 aliphatic carbocycles. The van der Waals surface area contributed by atoms with E-state index in [1.807, 2.05) is 4.40 Å². The first-order valence-corrected chi connectivity index (χ1v) is 11.7. The third kappa shape index (κ3) is 4.97. The maximum atomic E-state index is 14.3. The van der Waals surface area contributed by atoms with E-state index in [-0.39, 0.29) is 17.8 Å². The first kappa shape index (κ1) is 24.0. The van der Waals surface area contributed by atoms with Gasteiger partial charge in [0.25, 0.3) is 5.91 Å². The normalized spacial score (nSPS) is 15.6. The molecule has 9 nitrogen and oxygen atoms in total. The van der Waals surface area contributed by atoms with Crippen molar-refractivity contribution in [2.75, 3.05) is 38.7 Å². The Balaban J connectivity index is 1.33. The highest BCUT2D eigenvalue weighted by Crippen LogP contribution is 2.29. The number of hydrogen-bond acceptors (Lipinski definition) is 7. The number of halogens is 2. The molecule has 5 rings (SSSR count). The number of hydrogen-bond donors (Lipinski definition) is 3. The highest BCUT2D eigenvalue weighted by Gasteiger charge is 2.17. The van der Waals surface area contributed by atoms with Gasteiger partial charge in [-0.15, -0.1) is 0 Å². The quantitative estimate of drug-likeness (QED) is 0.349. The van der Waals surface area contributed by atoms with Gasteiger partial charge in [-0.1, -0.05) is 11.6 Å². The third-order valence-electron chi connectivity index (χ3n) is 5.85. The van der Waals surface area contributed by atoms with Crippen molar-refractivity contribution in [2.45, 2.75) is 6.10 Å². The highest BCUT2D eigenvalue weighted by molar-refractivity contribution is 6.34. The molecule has 1 fully saturated rings. The van der Waals surface area contributed by atoms with Crippen molar-refractivity contribution in [1.82, 2.24) is 25.0 Å². The summed E-state index contributed by atoms with van der Waals surface area (Å²) in [5.41, 5.74) is 2.88. The molecular weight excluding hydrogens is 487 g/mol. The summed E-state index contributed by atoms with van der Waals surface area (Å²) < 4.78 is 26.7. The predicted molar refractivity (Wildman–Crippen MR) is 135 cm³/mol. The zero-order chi connectivity index (χ0) is 25.1. The summed E-state index contributed by atoms with van der Waals surface area (Å²) in [5.74, 6) is -0.0810. The molecule has 0 saturated carbocycles. The molecule has 11 heteroatoms. The molecule has 4 aromatic rings. The van der Waals surface area contributed by atoms with Gasteiger partial charge in [-0.25, -0.2) is 14.4 Å². The lowest BCUT2D eigenvalue weighted by atomic mass is 10.1. The van der Waals surface area contributed by atoms with Gasteiger partial charge in [-0.05, 0) is 36.4 Å². The van der Waals surface area contributed by atoms with E-state index < -0.39 is 5.82 Å². The fourth-order valence-electron chi connectivity index (χ4n) is 4.01. The Morgan fingerprint density at radius 3 is 2.94 bits per heavy atom. The molecule has 0 spiro atoms. The van der Waals surface area contributed by atoms with Crippen LogP contribution in [-0.4, -0.2) is 59.7 Å². The fourth-order valence-corrected chi connectivity index (χ4v) is 4.28. The van der Waals surface area contributed by atoms with Gasteiger partial charge in [0.1, 0.15) is 0 Å². The monoisotopic (exact) mass is 510 g/mol. The van der Waals surface area contributed by atoms with Crippen molar-refractivity contribution in [2.24, 2.45) is 0 Å². The number of benzene rings is 2. The number of aromatic nitrogens is 3. The maximum absolute atomic E-state index is 14.3. The molecule has 36 heavy (non-hydrogen) atoms. The molecule has 2 aromatic heterocycles. The zero-order valence-corrected chi connectivity index (χ0v) is 20.2. The standard InChI is InChI=1S/C25H24ClFN6O3/c1-35-22-5-2-15(10-20(22)27)21-14-30-24-23(29-6-8-33(21)24)32-16-3-4-18(19(26)11-16)25(34)31-13-17-12-28-7-9-36-17/h2-6,8,10-11,14,17,28H,7,9,12-13H2,1H3,(H,29,32)(H,31,34). The van der Waals surface area contributed by atoms with Crippen LogP contribution in [0.25, 0.3) is 16.9 Å². The van der Waals surface area contributed by atoms with Gasteiger partial charge >= 0.3 is 0 Å². The van der Waals surface area contributed by atoms with E-state index in [0.717, 1.165) is 6.54 Å². The summed E-state index contributed by atoms with van der Waals surface area (Å²) in [5, 5.41) is 9.58. The second kappa shape index (κ2) is 10.5. The molecule has 1 saturated heterocycles. The summed E-state index contributed by atoms with van der Waals surface area (Å²) in [4.78, 5) is 21.5. The summed E-state index contributed by atoms with van der Waals surface area (Å²) in [6, 6.07) is 9.78. The lowest BCUT2D eigenvalue weighted by molar-refractivity contribution is 0.0287. The molecular formula is C25H24ClFN6O3. The zero-order valence-electron chi connectivity index (χ0n) is 19.4. The Morgan fingerprint density at radius 2 is 2.19 bits per heavy atom. The summed E-state index contributed by atoms with van der Waals surface area (Å²) in [6.45, 7) is 2.53. The van der Waals surface area contributed by atoms with Crippen LogP contribution in [0.2, 0.25) is 5.02 Å². The van der Waals surface area contributed by atoms with Gasteiger partial charge in [-0.2, -0.15) is 0 Å². The van der Waals surface area contributed by atoms with Crippen molar-refractivity contribution in [3.63, 3.8) is 0 Å². The van der Waals surface area contributed by atoms with Crippen molar-refractivity contribution in [3.8, 4) is 17.0 Å². The lowest BCUT2D eigenvalue weighted by Gasteiger charge is -2.23. The molecule has 0 bridgehead atoms. The molecule has 0 radical (unpaired) electrons. The number of carbonyl (C=O) groups is 1. The number of amides is 1. The number of nitrogens with one attached hydrogen (secondary N) is 3. The first-order chi connectivity index (χ1) is 17.5. The van der Waals surface area contributed by atoms with E-state index in [0.29, 0.717) is 58.7 Å². The van der Waals surface area contributed by atoms with E-state index in [2.05, 4.69) is 25.9 Å². The van der Waals surface area contributed by atoms with Crippen LogP contribution in [0.15, 0.2) is 55.0 Å². The molecule has 186 valence electrons.